The summed E-state index contributed by atoms with van der Waals surface area (Å²) < 4.78 is 4.38. The van der Waals surface area contributed by atoms with Gasteiger partial charge in [0.2, 0.25) is 0 Å². The zero-order valence-corrected chi connectivity index (χ0v) is 7.39. The van der Waals surface area contributed by atoms with Crippen LogP contribution < -0.4 is 0 Å². The number of cyclic esters (lactones) is 1. The lowest BCUT2D eigenvalue weighted by Crippen LogP contribution is -2.47. The average Bonchev–Trinajstić information content (AvgIpc) is 2.43. The minimum absolute atomic E-state index is 0.776. The molecule has 1 aliphatic heterocycles. The van der Waals surface area contributed by atoms with Crippen molar-refractivity contribution >= 4 is 5.97 Å². The van der Waals surface area contributed by atoms with Crippen molar-refractivity contribution in [3.05, 3.63) is 10.4 Å². The van der Waals surface area contributed by atoms with E-state index in [1.807, 2.05) is 0 Å². The maximum absolute atomic E-state index is 11.0. The van der Waals surface area contributed by atoms with Crippen molar-refractivity contribution in [1.29, 1.82) is 0 Å². The number of carbonyl (C=O) groups excluding carboxylic acids is 1. The second-order valence-electron chi connectivity index (χ2n) is 2.98. The molecular formula is C6H9N3O6. The molecule has 4 N–H and O–H groups in total. The van der Waals surface area contributed by atoms with Gasteiger partial charge in [0, 0.05) is 4.91 Å². The van der Waals surface area contributed by atoms with Crippen LogP contribution in [0.3, 0.4) is 0 Å². The summed E-state index contributed by atoms with van der Waals surface area (Å²) in [6.45, 7) is -0.776. The van der Waals surface area contributed by atoms with E-state index in [1.165, 1.54) is 0 Å². The van der Waals surface area contributed by atoms with Crippen LogP contribution in [0.5, 0.6) is 0 Å². The Morgan fingerprint density at radius 2 is 2.33 bits per heavy atom. The number of carbonyl (C=O) groups is 1. The van der Waals surface area contributed by atoms with Crippen molar-refractivity contribution in [1.82, 2.24) is 0 Å². The fourth-order valence-corrected chi connectivity index (χ4v) is 1.19. The van der Waals surface area contributed by atoms with Gasteiger partial charge in [-0.3, -0.25) is 0 Å². The summed E-state index contributed by atoms with van der Waals surface area (Å²) in [5.74, 6) is -1.37. The lowest BCUT2D eigenvalue weighted by molar-refractivity contribution is -0.157. The molecule has 1 fully saturated rings. The zero-order valence-electron chi connectivity index (χ0n) is 7.39. The van der Waals surface area contributed by atoms with Gasteiger partial charge in [0.1, 0.15) is 12.2 Å². The van der Waals surface area contributed by atoms with E-state index in [9.17, 15) is 15.0 Å². The van der Waals surface area contributed by atoms with Gasteiger partial charge in [0.15, 0.2) is 6.10 Å². The highest BCUT2D eigenvalue weighted by Crippen LogP contribution is 2.29. The number of ether oxygens (including phenoxy) is 1. The third-order valence-electron chi connectivity index (χ3n) is 2.03. The average molecular weight is 219 g/mol. The number of esters is 1. The molecule has 0 saturated carbocycles. The van der Waals surface area contributed by atoms with Crippen LogP contribution in [0.4, 0.5) is 0 Å². The van der Waals surface area contributed by atoms with E-state index < -0.39 is 36.6 Å². The van der Waals surface area contributed by atoms with Gasteiger partial charge in [0.05, 0.1) is 6.61 Å². The first-order chi connectivity index (χ1) is 6.97. The summed E-state index contributed by atoms with van der Waals surface area (Å²) in [4.78, 5) is 13.2. The van der Waals surface area contributed by atoms with Crippen molar-refractivity contribution in [3.63, 3.8) is 0 Å². The predicted octanol–water partition coefficient (Wildman–Crippen LogP) is -2.38. The van der Waals surface area contributed by atoms with E-state index in [0.29, 0.717) is 0 Å². The Hall–Kier alpha value is -1.38. The van der Waals surface area contributed by atoms with Gasteiger partial charge in [-0.25, -0.2) is 4.79 Å². The molecule has 1 saturated heterocycles. The van der Waals surface area contributed by atoms with Crippen molar-refractivity contribution in [2.45, 2.75) is 24.0 Å². The first-order valence-electron chi connectivity index (χ1n) is 3.94. The topological polar surface area (TPSA) is 156 Å². The Morgan fingerprint density at radius 3 is 2.80 bits per heavy atom. The first kappa shape index (κ1) is 11.7. The maximum atomic E-state index is 11.0. The van der Waals surface area contributed by atoms with E-state index in [0.717, 1.165) is 0 Å². The van der Waals surface area contributed by atoms with E-state index >= 15 is 0 Å². The van der Waals surface area contributed by atoms with E-state index in [-0.39, 0.29) is 0 Å². The summed E-state index contributed by atoms with van der Waals surface area (Å²) in [5.41, 5.74) is 5.32. The number of aliphatic hydroxyl groups excluding tert-OH is 3. The quantitative estimate of drug-likeness (QED) is 0.180. The molecule has 0 radical (unpaired) electrons. The third kappa shape index (κ3) is 1.74. The van der Waals surface area contributed by atoms with Crippen LogP contribution in [0.15, 0.2) is 5.11 Å². The first-order valence-corrected chi connectivity index (χ1v) is 3.94. The number of hydrogen-bond acceptors (Lipinski definition) is 7. The molecule has 0 aromatic carbocycles. The molecule has 1 aliphatic rings. The van der Waals surface area contributed by atoms with Crippen molar-refractivity contribution < 1.29 is 30.0 Å². The molecule has 0 aromatic heterocycles. The fraction of sp³-hybridized carbons (Fsp3) is 0.833. The maximum Gasteiger partial charge on any atom is 0.347 e. The van der Waals surface area contributed by atoms with Gasteiger partial charge in [-0.2, -0.15) is 0 Å². The van der Waals surface area contributed by atoms with E-state index in [4.69, 9.17) is 15.7 Å². The summed E-state index contributed by atoms with van der Waals surface area (Å²) in [7, 11) is 0. The van der Waals surface area contributed by atoms with Crippen LogP contribution in [0.1, 0.15) is 0 Å². The Bertz CT molecular complexity index is 316. The summed E-state index contributed by atoms with van der Waals surface area (Å²) >= 11 is 0. The molecule has 9 heteroatoms. The largest absolute Gasteiger partial charge is 0.454 e. The Morgan fingerprint density at radius 1 is 1.73 bits per heavy atom. The van der Waals surface area contributed by atoms with Crippen molar-refractivity contribution in [2.75, 3.05) is 6.61 Å². The Kier molecular flexibility index (Phi) is 3.12. The smallest absolute Gasteiger partial charge is 0.347 e. The summed E-state index contributed by atoms with van der Waals surface area (Å²) in [6.07, 6.45) is -5.02. The Labute approximate surface area is 83.1 Å². The summed E-state index contributed by atoms with van der Waals surface area (Å²) in [6, 6.07) is 0. The predicted molar refractivity (Wildman–Crippen MR) is 43.1 cm³/mol. The number of aliphatic hydroxyl groups is 4. The van der Waals surface area contributed by atoms with Gasteiger partial charge in [0.25, 0.3) is 5.72 Å². The molecule has 1 heterocycles. The molecule has 1 rings (SSSR count). The standard InChI is InChI=1S/C6H9N3O6/c7-9-8-6(14)4(12)3(2(11)1-10)15-5(6)13/h2-4,10-12,14H,1H2/t2-,3-,4+,6-/m1/s1. The lowest BCUT2D eigenvalue weighted by Gasteiger charge is -2.20. The van der Waals surface area contributed by atoms with Crippen LogP contribution in [0.25, 0.3) is 10.4 Å². The van der Waals surface area contributed by atoms with Gasteiger partial charge in [-0.1, -0.05) is 0 Å². The minimum Gasteiger partial charge on any atom is -0.454 e. The lowest BCUT2D eigenvalue weighted by atomic mass is 10.0. The Balaban J connectivity index is 2.97. The molecule has 9 nitrogen and oxygen atoms in total. The summed E-state index contributed by atoms with van der Waals surface area (Å²) in [5, 5.41) is 39.2. The van der Waals surface area contributed by atoms with Crippen LogP contribution >= 0.6 is 0 Å². The van der Waals surface area contributed by atoms with Gasteiger partial charge in [-0.05, 0) is 10.6 Å². The molecule has 0 aromatic rings. The molecule has 0 aliphatic carbocycles. The number of nitrogens with zero attached hydrogens (tertiary/aromatic N) is 3. The van der Waals surface area contributed by atoms with E-state index in [1.54, 1.807) is 0 Å². The third-order valence-corrected chi connectivity index (χ3v) is 2.03. The van der Waals surface area contributed by atoms with Crippen LogP contribution in [-0.2, 0) is 9.53 Å². The molecule has 0 spiro atoms. The van der Waals surface area contributed by atoms with Crippen LogP contribution in [-0.4, -0.2) is 57.0 Å². The zero-order chi connectivity index (χ0) is 11.6. The van der Waals surface area contributed by atoms with Gasteiger partial charge >= 0.3 is 5.97 Å². The number of hydrogen-bond donors (Lipinski definition) is 4. The van der Waals surface area contributed by atoms with Crippen LogP contribution in [0.2, 0.25) is 0 Å². The fourth-order valence-electron chi connectivity index (χ4n) is 1.19. The molecular weight excluding hydrogens is 210 g/mol. The van der Waals surface area contributed by atoms with Crippen LogP contribution in [0, 0.1) is 0 Å². The van der Waals surface area contributed by atoms with Gasteiger partial charge in [-0.15, -0.1) is 0 Å². The van der Waals surface area contributed by atoms with Crippen molar-refractivity contribution in [2.24, 2.45) is 5.11 Å². The highest BCUT2D eigenvalue weighted by Gasteiger charge is 2.58. The van der Waals surface area contributed by atoms with E-state index in [2.05, 4.69) is 14.8 Å². The van der Waals surface area contributed by atoms with Crippen molar-refractivity contribution in [3.8, 4) is 0 Å². The molecule has 4 atom stereocenters. The highest BCUT2D eigenvalue weighted by molar-refractivity contribution is 5.82. The molecule has 15 heavy (non-hydrogen) atoms. The molecule has 84 valence electrons. The van der Waals surface area contributed by atoms with Gasteiger partial charge < -0.3 is 25.2 Å². The SMILES string of the molecule is [N-]=[N+]=N[C@]1(O)C(=O)O[C@H]([C@H](O)CO)[C@@H]1O. The highest BCUT2D eigenvalue weighted by atomic mass is 16.6. The second-order valence-corrected chi connectivity index (χ2v) is 2.98. The monoisotopic (exact) mass is 219 g/mol. The second kappa shape index (κ2) is 4.01. The molecule has 0 bridgehead atoms. The number of azide groups is 1. The normalized spacial score (nSPS) is 36.9. The minimum atomic E-state index is -2.75. The number of rotatable bonds is 3. The molecule has 0 unspecified atom stereocenters. The molecule has 0 amide bonds.